The van der Waals surface area contributed by atoms with Crippen LogP contribution in [0.15, 0.2) is 12.1 Å². The second-order valence-corrected chi connectivity index (χ2v) is 5.43. The first-order valence-corrected chi connectivity index (χ1v) is 7.07. The molecule has 5 heteroatoms. The molecule has 0 fully saturated rings. The van der Waals surface area contributed by atoms with Gasteiger partial charge in [0.05, 0.1) is 4.88 Å². The highest BCUT2D eigenvalue weighted by Gasteiger charge is 2.12. The second kappa shape index (κ2) is 5.81. The molecule has 0 saturated carbocycles. The zero-order chi connectivity index (χ0) is 13.8. The van der Waals surface area contributed by atoms with Gasteiger partial charge in [-0.1, -0.05) is 6.92 Å². The van der Waals surface area contributed by atoms with E-state index in [1.54, 1.807) is 0 Å². The Morgan fingerprint density at radius 2 is 2.05 bits per heavy atom. The first-order chi connectivity index (χ1) is 9.17. The smallest absolute Gasteiger partial charge is 0.151 e. The largest absolute Gasteiger partial charge is 0.368 e. The first-order valence-electron chi connectivity index (χ1n) is 6.25. The van der Waals surface area contributed by atoms with Crippen LogP contribution < -0.4 is 5.32 Å². The molecule has 0 aliphatic rings. The number of hydrogen-bond donors (Lipinski definition) is 1. The number of nitrogens with one attached hydrogen (secondary N) is 1. The SMILES string of the molecule is CCCNc1nnc(-c2ccc(C#N)s2)c(C)c1C. The topological polar surface area (TPSA) is 61.6 Å². The highest BCUT2D eigenvalue weighted by molar-refractivity contribution is 7.16. The van der Waals surface area contributed by atoms with Crippen LogP contribution in [-0.2, 0) is 0 Å². The number of anilines is 1. The van der Waals surface area contributed by atoms with Gasteiger partial charge in [-0.05, 0) is 43.5 Å². The molecule has 2 rings (SSSR count). The molecule has 1 N–H and O–H groups in total. The van der Waals surface area contributed by atoms with E-state index < -0.39 is 0 Å². The number of nitriles is 1. The zero-order valence-corrected chi connectivity index (χ0v) is 12.1. The molecule has 0 radical (unpaired) electrons. The number of thiophene rings is 1. The van der Waals surface area contributed by atoms with E-state index >= 15 is 0 Å². The van der Waals surface area contributed by atoms with Crippen LogP contribution in [0, 0.1) is 25.2 Å². The molecule has 0 atom stereocenters. The lowest BCUT2D eigenvalue weighted by molar-refractivity contribution is 0.933. The fraction of sp³-hybridized carbons (Fsp3) is 0.357. The molecule has 0 spiro atoms. The van der Waals surface area contributed by atoms with E-state index in [2.05, 4.69) is 28.5 Å². The van der Waals surface area contributed by atoms with Crippen LogP contribution in [-0.4, -0.2) is 16.7 Å². The van der Waals surface area contributed by atoms with E-state index in [0.29, 0.717) is 4.88 Å². The maximum absolute atomic E-state index is 8.88. The summed E-state index contributed by atoms with van der Waals surface area (Å²) >= 11 is 1.45. The van der Waals surface area contributed by atoms with Crippen LogP contribution >= 0.6 is 11.3 Å². The maximum atomic E-state index is 8.88. The number of rotatable bonds is 4. The van der Waals surface area contributed by atoms with Gasteiger partial charge in [0.2, 0.25) is 0 Å². The van der Waals surface area contributed by atoms with Crippen LogP contribution in [0.3, 0.4) is 0 Å². The van der Waals surface area contributed by atoms with E-state index in [9.17, 15) is 0 Å². The Morgan fingerprint density at radius 1 is 1.26 bits per heavy atom. The Bertz CT molecular complexity index is 625. The van der Waals surface area contributed by atoms with Crippen LogP contribution in [0.5, 0.6) is 0 Å². The molecule has 98 valence electrons. The Hall–Kier alpha value is -1.93. The summed E-state index contributed by atoms with van der Waals surface area (Å²) in [5.41, 5.74) is 3.09. The van der Waals surface area contributed by atoms with Gasteiger partial charge in [-0.15, -0.1) is 21.5 Å². The lowest BCUT2D eigenvalue weighted by atomic mass is 10.1. The summed E-state index contributed by atoms with van der Waals surface area (Å²) in [7, 11) is 0. The molecular formula is C14H16N4S. The van der Waals surface area contributed by atoms with Crippen molar-refractivity contribution < 1.29 is 0 Å². The molecule has 0 saturated heterocycles. The first kappa shape index (κ1) is 13.5. The van der Waals surface area contributed by atoms with Gasteiger partial charge in [0.15, 0.2) is 5.82 Å². The third kappa shape index (κ3) is 2.74. The second-order valence-electron chi connectivity index (χ2n) is 4.35. The monoisotopic (exact) mass is 272 g/mol. The summed E-state index contributed by atoms with van der Waals surface area (Å²) in [6.45, 7) is 7.10. The highest BCUT2D eigenvalue weighted by Crippen LogP contribution is 2.30. The van der Waals surface area contributed by atoms with Crippen LogP contribution in [0.1, 0.15) is 29.3 Å². The van der Waals surface area contributed by atoms with Gasteiger partial charge >= 0.3 is 0 Å². The van der Waals surface area contributed by atoms with Crippen molar-refractivity contribution in [2.45, 2.75) is 27.2 Å². The predicted molar refractivity (Wildman–Crippen MR) is 78.3 cm³/mol. The number of nitrogens with zero attached hydrogens (tertiary/aromatic N) is 3. The molecule has 2 aromatic rings. The van der Waals surface area contributed by atoms with Gasteiger partial charge in [-0.3, -0.25) is 0 Å². The molecule has 0 amide bonds. The summed E-state index contributed by atoms with van der Waals surface area (Å²) in [5, 5.41) is 20.7. The van der Waals surface area contributed by atoms with Crippen molar-refractivity contribution in [1.29, 1.82) is 5.26 Å². The van der Waals surface area contributed by atoms with Gasteiger partial charge in [0, 0.05) is 6.54 Å². The molecule has 0 aliphatic heterocycles. The number of hydrogen-bond acceptors (Lipinski definition) is 5. The standard InChI is InChI=1S/C14H16N4S/c1-4-7-16-14-10(3)9(2)13(17-18-14)12-6-5-11(8-15)19-12/h5-6H,4,7H2,1-3H3,(H,16,18). The van der Waals surface area contributed by atoms with Crippen molar-refractivity contribution in [1.82, 2.24) is 10.2 Å². The van der Waals surface area contributed by atoms with Crippen molar-refractivity contribution in [3.8, 4) is 16.6 Å². The molecular weight excluding hydrogens is 256 g/mol. The molecule has 2 heterocycles. The van der Waals surface area contributed by atoms with E-state index in [1.807, 2.05) is 26.0 Å². The van der Waals surface area contributed by atoms with E-state index in [4.69, 9.17) is 5.26 Å². The molecule has 2 aromatic heterocycles. The Morgan fingerprint density at radius 3 is 2.68 bits per heavy atom. The van der Waals surface area contributed by atoms with Crippen LogP contribution in [0.4, 0.5) is 5.82 Å². The van der Waals surface area contributed by atoms with Crippen molar-refractivity contribution in [3.63, 3.8) is 0 Å². The Kier molecular flexibility index (Phi) is 4.13. The minimum atomic E-state index is 0.696. The molecule has 4 nitrogen and oxygen atoms in total. The summed E-state index contributed by atoms with van der Waals surface area (Å²) in [6, 6.07) is 5.90. The van der Waals surface area contributed by atoms with Crippen molar-refractivity contribution in [2.24, 2.45) is 0 Å². The van der Waals surface area contributed by atoms with E-state index in [-0.39, 0.29) is 0 Å². The molecule has 0 bridgehead atoms. The fourth-order valence-corrected chi connectivity index (χ4v) is 2.62. The fourth-order valence-electron chi connectivity index (χ4n) is 1.78. The third-order valence-electron chi connectivity index (χ3n) is 3.01. The van der Waals surface area contributed by atoms with Gasteiger partial charge in [-0.25, -0.2) is 0 Å². The summed E-state index contributed by atoms with van der Waals surface area (Å²) in [6.07, 6.45) is 1.05. The van der Waals surface area contributed by atoms with Crippen molar-refractivity contribution in [3.05, 3.63) is 28.1 Å². The summed E-state index contributed by atoms with van der Waals surface area (Å²) < 4.78 is 0. The molecule has 0 unspecified atom stereocenters. The predicted octanol–water partition coefficient (Wildman–Crippen LogP) is 3.52. The minimum absolute atomic E-state index is 0.696. The summed E-state index contributed by atoms with van der Waals surface area (Å²) in [5.74, 6) is 0.847. The van der Waals surface area contributed by atoms with Gasteiger partial charge in [0.1, 0.15) is 16.6 Å². The number of aromatic nitrogens is 2. The lowest BCUT2D eigenvalue weighted by Crippen LogP contribution is -2.07. The van der Waals surface area contributed by atoms with Crippen LogP contribution in [0.2, 0.25) is 0 Å². The summed E-state index contributed by atoms with van der Waals surface area (Å²) in [4.78, 5) is 1.69. The third-order valence-corrected chi connectivity index (χ3v) is 4.01. The van der Waals surface area contributed by atoms with Gasteiger partial charge in [0.25, 0.3) is 0 Å². The molecule has 19 heavy (non-hydrogen) atoms. The zero-order valence-electron chi connectivity index (χ0n) is 11.3. The van der Waals surface area contributed by atoms with Crippen molar-refractivity contribution in [2.75, 3.05) is 11.9 Å². The normalized spacial score (nSPS) is 10.2. The quantitative estimate of drug-likeness (QED) is 0.925. The average Bonchev–Trinajstić information content (AvgIpc) is 2.89. The highest BCUT2D eigenvalue weighted by atomic mass is 32.1. The van der Waals surface area contributed by atoms with Crippen molar-refractivity contribution >= 4 is 17.2 Å². The lowest BCUT2D eigenvalue weighted by Gasteiger charge is -2.11. The van der Waals surface area contributed by atoms with E-state index in [0.717, 1.165) is 40.5 Å². The van der Waals surface area contributed by atoms with Gasteiger partial charge in [-0.2, -0.15) is 5.26 Å². The Labute approximate surface area is 117 Å². The Balaban J connectivity index is 2.38. The maximum Gasteiger partial charge on any atom is 0.151 e. The van der Waals surface area contributed by atoms with Crippen LogP contribution in [0.25, 0.3) is 10.6 Å². The average molecular weight is 272 g/mol. The minimum Gasteiger partial charge on any atom is -0.368 e. The molecule has 0 aliphatic carbocycles. The molecule has 0 aromatic carbocycles. The van der Waals surface area contributed by atoms with E-state index in [1.165, 1.54) is 11.3 Å². The van der Waals surface area contributed by atoms with Gasteiger partial charge < -0.3 is 5.32 Å².